The first-order chi connectivity index (χ1) is 13.5. The van der Waals surface area contributed by atoms with E-state index >= 15 is 0 Å². The average molecular weight is 378 g/mol. The van der Waals surface area contributed by atoms with Gasteiger partial charge in [0.15, 0.2) is 5.78 Å². The fourth-order valence-electron chi connectivity index (χ4n) is 2.61. The smallest absolute Gasteiger partial charge is 0.274 e. The number of carbonyl (C=O) groups excluding carboxylic acids is 1. The molecule has 0 radical (unpaired) electrons. The zero-order chi connectivity index (χ0) is 20.1. The molecular formula is C21H18N2O5. The van der Waals surface area contributed by atoms with Crippen molar-refractivity contribution < 1.29 is 14.3 Å². The lowest BCUT2D eigenvalue weighted by atomic mass is 10.1. The summed E-state index contributed by atoms with van der Waals surface area (Å²) in [5, 5.41) is 0.0855. The number of hydrogen-bond donors (Lipinski definition) is 2. The van der Waals surface area contributed by atoms with E-state index in [2.05, 4.69) is 9.97 Å². The second kappa shape index (κ2) is 8.22. The second-order valence-corrected chi connectivity index (χ2v) is 5.86. The SMILES string of the molecule is COc1ccc(C=c2[nH]c(=CC(=O)c3ccccc3)c(=O)[nH]c2=O)c(OC)c1. The fourth-order valence-corrected chi connectivity index (χ4v) is 2.61. The number of ketones is 1. The number of benzene rings is 2. The van der Waals surface area contributed by atoms with Crippen LogP contribution in [0.5, 0.6) is 11.5 Å². The molecule has 0 spiro atoms. The predicted octanol–water partition coefficient (Wildman–Crippen LogP) is 0.573. The number of aromatic nitrogens is 2. The van der Waals surface area contributed by atoms with Gasteiger partial charge in [0, 0.05) is 23.3 Å². The number of Topliss-reactive ketones (excluding diaryl/α,β-unsaturated/α-hetero) is 1. The number of H-pyrrole nitrogens is 2. The molecule has 0 bridgehead atoms. The summed E-state index contributed by atoms with van der Waals surface area (Å²) in [6.45, 7) is 0. The standard InChI is InChI=1S/C21H18N2O5/c1-27-15-9-8-14(19(11-15)28-2)10-16-20(25)23-21(26)17(22-16)12-18(24)13-6-4-3-5-7-13/h3-12,22H,1-2H3,(H,23,25,26). The molecule has 0 saturated carbocycles. The molecular weight excluding hydrogens is 360 g/mol. The number of methoxy groups -OCH3 is 2. The van der Waals surface area contributed by atoms with Crippen molar-refractivity contribution in [2.24, 2.45) is 0 Å². The van der Waals surface area contributed by atoms with Gasteiger partial charge in [-0.05, 0) is 18.2 Å². The van der Waals surface area contributed by atoms with Crippen molar-refractivity contribution in [1.82, 2.24) is 9.97 Å². The van der Waals surface area contributed by atoms with Crippen LogP contribution in [-0.2, 0) is 0 Å². The van der Waals surface area contributed by atoms with Crippen molar-refractivity contribution in [3.63, 3.8) is 0 Å². The van der Waals surface area contributed by atoms with Gasteiger partial charge in [-0.3, -0.25) is 19.4 Å². The van der Waals surface area contributed by atoms with Gasteiger partial charge in [0.1, 0.15) is 22.2 Å². The lowest BCUT2D eigenvalue weighted by molar-refractivity contribution is 0.106. The summed E-state index contributed by atoms with van der Waals surface area (Å²) in [4.78, 5) is 41.6. The van der Waals surface area contributed by atoms with Crippen LogP contribution in [0.4, 0.5) is 0 Å². The Kier molecular flexibility index (Phi) is 5.55. The lowest BCUT2D eigenvalue weighted by Crippen LogP contribution is -2.47. The van der Waals surface area contributed by atoms with Crippen LogP contribution < -0.4 is 31.3 Å². The molecule has 7 heteroatoms. The largest absolute Gasteiger partial charge is 0.497 e. The number of nitrogens with one attached hydrogen (secondary N) is 2. The Morgan fingerprint density at radius 1 is 0.893 bits per heavy atom. The van der Waals surface area contributed by atoms with Gasteiger partial charge in [-0.15, -0.1) is 0 Å². The number of hydrogen-bond acceptors (Lipinski definition) is 5. The van der Waals surface area contributed by atoms with Gasteiger partial charge >= 0.3 is 0 Å². The normalized spacial score (nSPS) is 12.1. The van der Waals surface area contributed by atoms with E-state index in [1.165, 1.54) is 20.3 Å². The first-order valence-electron chi connectivity index (χ1n) is 8.39. The quantitative estimate of drug-likeness (QED) is 0.632. The maximum Gasteiger partial charge on any atom is 0.274 e. The van der Waals surface area contributed by atoms with E-state index in [0.29, 0.717) is 22.6 Å². The van der Waals surface area contributed by atoms with Crippen LogP contribution in [0.3, 0.4) is 0 Å². The molecule has 142 valence electrons. The first-order valence-corrected chi connectivity index (χ1v) is 8.39. The molecule has 0 aliphatic rings. The van der Waals surface area contributed by atoms with E-state index in [4.69, 9.17) is 9.47 Å². The fraction of sp³-hybridized carbons (Fsp3) is 0.0952. The zero-order valence-electron chi connectivity index (χ0n) is 15.3. The minimum absolute atomic E-state index is 0.0211. The van der Waals surface area contributed by atoms with Crippen LogP contribution in [0.2, 0.25) is 0 Å². The average Bonchev–Trinajstić information content (AvgIpc) is 2.72. The Balaban J connectivity index is 2.14. The summed E-state index contributed by atoms with van der Waals surface area (Å²) in [5.74, 6) is 0.738. The van der Waals surface area contributed by atoms with Crippen LogP contribution >= 0.6 is 0 Å². The van der Waals surface area contributed by atoms with Gasteiger partial charge in [0.25, 0.3) is 11.1 Å². The third-order valence-corrected chi connectivity index (χ3v) is 4.06. The monoisotopic (exact) mass is 378 g/mol. The van der Waals surface area contributed by atoms with Crippen molar-refractivity contribution in [2.75, 3.05) is 14.2 Å². The van der Waals surface area contributed by atoms with Gasteiger partial charge in [-0.1, -0.05) is 30.3 Å². The van der Waals surface area contributed by atoms with E-state index in [0.717, 1.165) is 6.08 Å². The third kappa shape index (κ3) is 4.09. The molecule has 7 nitrogen and oxygen atoms in total. The van der Waals surface area contributed by atoms with Crippen LogP contribution in [0.15, 0.2) is 58.1 Å². The first kappa shape index (κ1) is 18.9. The predicted molar refractivity (Wildman–Crippen MR) is 105 cm³/mol. The summed E-state index contributed by atoms with van der Waals surface area (Å²) in [6.07, 6.45) is 2.69. The highest BCUT2D eigenvalue weighted by molar-refractivity contribution is 6.16. The van der Waals surface area contributed by atoms with Gasteiger partial charge in [0.05, 0.1) is 14.2 Å². The molecule has 0 atom stereocenters. The molecule has 0 aliphatic heterocycles. The van der Waals surface area contributed by atoms with Crippen LogP contribution in [0, 0.1) is 0 Å². The number of carbonyl (C=O) groups is 1. The van der Waals surface area contributed by atoms with Crippen LogP contribution in [-0.4, -0.2) is 30.0 Å². The summed E-state index contributed by atoms with van der Waals surface area (Å²) < 4.78 is 10.5. The lowest BCUT2D eigenvalue weighted by Gasteiger charge is -2.07. The number of rotatable bonds is 5. The van der Waals surface area contributed by atoms with Crippen molar-refractivity contribution >= 4 is 17.9 Å². The van der Waals surface area contributed by atoms with Gasteiger partial charge in [-0.2, -0.15) is 0 Å². The van der Waals surface area contributed by atoms with Crippen molar-refractivity contribution in [2.45, 2.75) is 0 Å². The van der Waals surface area contributed by atoms with Gasteiger partial charge in [0.2, 0.25) is 0 Å². The molecule has 28 heavy (non-hydrogen) atoms. The minimum atomic E-state index is -0.673. The Labute approximate surface area is 159 Å². The van der Waals surface area contributed by atoms with Crippen LogP contribution in [0.1, 0.15) is 15.9 Å². The maximum atomic E-state index is 12.3. The Morgan fingerprint density at radius 3 is 2.29 bits per heavy atom. The highest BCUT2D eigenvalue weighted by Crippen LogP contribution is 2.24. The second-order valence-electron chi connectivity index (χ2n) is 5.86. The molecule has 2 N–H and O–H groups in total. The molecule has 3 aromatic rings. The molecule has 0 aliphatic carbocycles. The third-order valence-electron chi connectivity index (χ3n) is 4.06. The highest BCUT2D eigenvalue weighted by atomic mass is 16.5. The molecule has 3 rings (SSSR count). The van der Waals surface area contributed by atoms with Crippen molar-refractivity contribution in [3.05, 3.63) is 91.1 Å². The summed E-state index contributed by atoms with van der Waals surface area (Å²) in [5.41, 5.74) is -0.242. The van der Waals surface area contributed by atoms with Crippen LogP contribution in [0.25, 0.3) is 12.2 Å². The molecule has 0 fully saturated rings. The summed E-state index contributed by atoms with van der Waals surface area (Å²) in [6, 6.07) is 13.6. The van der Waals surface area contributed by atoms with Gasteiger partial charge in [-0.25, -0.2) is 0 Å². The Bertz CT molecular complexity index is 1240. The maximum absolute atomic E-state index is 12.3. The summed E-state index contributed by atoms with van der Waals surface area (Å²) in [7, 11) is 3.04. The molecule has 0 amide bonds. The highest BCUT2D eigenvalue weighted by Gasteiger charge is 2.05. The van der Waals surface area contributed by atoms with E-state index < -0.39 is 11.1 Å². The van der Waals surface area contributed by atoms with E-state index in [-0.39, 0.29) is 16.5 Å². The van der Waals surface area contributed by atoms with E-state index in [1.54, 1.807) is 48.5 Å². The minimum Gasteiger partial charge on any atom is -0.497 e. The zero-order valence-corrected chi connectivity index (χ0v) is 15.3. The molecule has 2 aromatic carbocycles. The Hall–Kier alpha value is -3.87. The number of ether oxygens (including phenoxy) is 2. The number of aromatic amines is 2. The van der Waals surface area contributed by atoms with E-state index in [1.807, 2.05) is 0 Å². The molecule has 0 unspecified atom stereocenters. The summed E-state index contributed by atoms with van der Waals surface area (Å²) >= 11 is 0. The molecule has 0 saturated heterocycles. The molecule has 1 aromatic heterocycles. The topological polar surface area (TPSA) is 101 Å². The van der Waals surface area contributed by atoms with Crippen molar-refractivity contribution in [3.8, 4) is 11.5 Å². The van der Waals surface area contributed by atoms with Crippen molar-refractivity contribution in [1.29, 1.82) is 0 Å². The Morgan fingerprint density at radius 2 is 1.61 bits per heavy atom. The molecule has 1 heterocycles. The van der Waals surface area contributed by atoms with E-state index in [9.17, 15) is 14.4 Å². The van der Waals surface area contributed by atoms with Gasteiger partial charge < -0.3 is 14.5 Å².